The summed E-state index contributed by atoms with van der Waals surface area (Å²) >= 11 is 6.00. The molecule has 0 aliphatic rings. The van der Waals surface area contributed by atoms with Crippen molar-refractivity contribution in [1.82, 2.24) is 9.78 Å². The lowest BCUT2D eigenvalue weighted by Gasteiger charge is -2.11. The van der Waals surface area contributed by atoms with Gasteiger partial charge < -0.3 is 10.1 Å². The number of hydrogen-bond acceptors (Lipinski definition) is 3. The number of benzene rings is 1. The second-order valence-corrected chi connectivity index (χ2v) is 4.48. The van der Waals surface area contributed by atoms with E-state index in [9.17, 15) is 4.79 Å². The minimum absolute atomic E-state index is 0.260. The summed E-state index contributed by atoms with van der Waals surface area (Å²) in [4.78, 5) is 12.2. The molecule has 0 bridgehead atoms. The van der Waals surface area contributed by atoms with Crippen LogP contribution < -0.4 is 10.1 Å². The lowest BCUT2D eigenvalue weighted by atomic mass is 10.2. The lowest BCUT2D eigenvalue weighted by molar-refractivity contribution is 0.101. The zero-order valence-electron chi connectivity index (χ0n) is 10.9. The number of anilines is 1. The molecule has 0 unspecified atom stereocenters. The van der Waals surface area contributed by atoms with E-state index in [2.05, 4.69) is 10.4 Å². The van der Waals surface area contributed by atoms with Crippen molar-refractivity contribution in [2.75, 3.05) is 12.4 Å². The molecule has 1 aromatic carbocycles. The van der Waals surface area contributed by atoms with Gasteiger partial charge in [0, 0.05) is 7.05 Å². The van der Waals surface area contributed by atoms with E-state index in [1.165, 1.54) is 11.8 Å². The summed E-state index contributed by atoms with van der Waals surface area (Å²) in [5.41, 5.74) is 1.78. The van der Waals surface area contributed by atoms with Gasteiger partial charge in [0.1, 0.15) is 5.69 Å². The summed E-state index contributed by atoms with van der Waals surface area (Å²) in [6.45, 7) is 1.83. The van der Waals surface area contributed by atoms with E-state index in [-0.39, 0.29) is 5.91 Å². The van der Waals surface area contributed by atoms with Gasteiger partial charge in [-0.25, -0.2) is 0 Å². The molecule has 0 atom stereocenters. The van der Waals surface area contributed by atoms with E-state index >= 15 is 0 Å². The number of aromatic nitrogens is 2. The smallest absolute Gasteiger partial charge is 0.274 e. The number of nitrogens with zero attached hydrogens (tertiary/aromatic N) is 2. The summed E-state index contributed by atoms with van der Waals surface area (Å²) in [5.74, 6) is 0.181. The number of halogens is 1. The predicted molar refractivity (Wildman–Crippen MR) is 73.9 cm³/mol. The molecule has 1 aromatic heterocycles. The number of carbonyl (C=O) groups excluding carboxylic acids is 1. The maximum Gasteiger partial charge on any atom is 0.274 e. The van der Waals surface area contributed by atoms with Crippen LogP contribution in [0.3, 0.4) is 0 Å². The number of aryl methyl sites for hydroxylation is 2. The van der Waals surface area contributed by atoms with Crippen LogP contribution in [-0.2, 0) is 7.05 Å². The van der Waals surface area contributed by atoms with E-state index in [1.807, 2.05) is 6.92 Å². The molecule has 6 heteroatoms. The average molecular weight is 280 g/mol. The van der Waals surface area contributed by atoms with Crippen molar-refractivity contribution in [3.05, 3.63) is 40.7 Å². The van der Waals surface area contributed by atoms with Crippen LogP contribution in [0.2, 0.25) is 5.02 Å². The van der Waals surface area contributed by atoms with Gasteiger partial charge in [0.2, 0.25) is 0 Å². The Hall–Kier alpha value is -2.01. The lowest BCUT2D eigenvalue weighted by Crippen LogP contribution is -2.16. The van der Waals surface area contributed by atoms with E-state index in [0.29, 0.717) is 22.2 Å². The second-order valence-electron chi connectivity index (χ2n) is 4.07. The quantitative estimate of drug-likeness (QED) is 0.940. The summed E-state index contributed by atoms with van der Waals surface area (Å²) in [6, 6.07) is 6.89. The zero-order chi connectivity index (χ0) is 14.0. The molecular formula is C13H14ClN3O2. The van der Waals surface area contributed by atoms with Crippen LogP contribution in [0.15, 0.2) is 24.3 Å². The Morgan fingerprint density at radius 3 is 2.79 bits per heavy atom. The van der Waals surface area contributed by atoms with Gasteiger partial charge in [0.25, 0.3) is 5.91 Å². The van der Waals surface area contributed by atoms with Crippen molar-refractivity contribution in [3.8, 4) is 5.75 Å². The highest BCUT2D eigenvalue weighted by Crippen LogP contribution is 2.32. The summed E-state index contributed by atoms with van der Waals surface area (Å²) < 4.78 is 6.71. The molecule has 0 aliphatic carbocycles. The predicted octanol–water partition coefficient (Wildman–Crippen LogP) is 2.64. The summed E-state index contributed by atoms with van der Waals surface area (Å²) in [6.07, 6.45) is 0. The van der Waals surface area contributed by atoms with Gasteiger partial charge >= 0.3 is 0 Å². The molecule has 2 aromatic rings. The molecular weight excluding hydrogens is 266 g/mol. The largest absolute Gasteiger partial charge is 0.493 e. The monoisotopic (exact) mass is 279 g/mol. The molecule has 1 amide bonds. The van der Waals surface area contributed by atoms with Crippen molar-refractivity contribution >= 4 is 23.2 Å². The van der Waals surface area contributed by atoms with Crippen molar-refractivity contribution < 1.29 is 9.53 Å². The third-order valence-electron chi connectivity index (χ3n) is 2.65. The van der Waals surface area contributed by atoms with Crippen molar-refractivity contribution in [3.63, 3.8) is 0 Å². The van der Waals surface area contributed by atoms with E-state index < -0.39 is 0 Å². The second kappa shape index (κ2) is 5.32. The van der Waals surface area contributed by atoms with Crippen LogP contribution in [0.5, 0.6) is 5.75 Å². The van der Waals surface area contributed by atoms with Crippen LogP contribution in [0.4, 0.5) is 5.69 Å². The molecule has 0 spiro atoms. The maximum atomic E-state index is 12.2. The Bertz CT molecular complexity index is 622. The molecule has 5 nitrogen and oxygen atoms in total. The fourth-order valence-electron chi connectivity index (χ4n) is 1.82. The fourth-order valence-corrected chi connectivity index (χ4v) is 2.08. The standard InChI is InChI=1S/C13H14ClN3O2/c1-8-7-11(17(2)16-8)13(18)15-10-6-4-5-9(14)12(10)19-3/h4-7H,1-3H3,(H,15,18). The number of carbonyl (C=O) groups is 1. The van der Waals surface area contributed by atoms with Crippen LogP contribution in [0.1, 0.15) is 16.2 Å². The average Bonchev–Trinajstić information content (AvgIpc) is 2.69. The number of rotatable bonds is 3. The Kier molecular flexibility index (Phi) is 3.76. The Morgan fingerprint density at radius 2 is 2.21 bits per heavy atom. The molecule has 1 N–H and O–H groups in total. The molecule has 0 fully saturated rings. The number of hydrogen-bond donors (Lipinski definition) is 1. The number of nitrogens with one attached hydrogen (secondary N) is 1. The van der Waals surface area contributed by atoms with Gasteiger partial charge in [-0.15, -0.1) is 0 Å². The molecule has 0 saturated heterocycles. The summed E-state index contributed by atoms with van der Waals surface area (Å²) in [7, 11) is 3.22. The minimum atomic E-state index is -0.260. The van der Waals surface area contributed by atoms with Crippen LogP contribution in [0, 0.1) is 6.92 Å². The maximum absolute atomic E-state index is 12.2. The molecule has 0 aliphatic heterocycles. The first-order chi connectivity index (χ1) is 9.02. The molecule has 2 rings (SSSR count). The topological polar surface area (TPSA) is 56.1 Å². The highest BCUT2D eigenvalue weighted by molar-refractivity contribution is 6.32. The number of amides is 1. The SMILES string of the molecule is COc1c(Cl)cccc1NC(=O)c1cc(C)nn1C. The highest BCUT2D eigenvalue weighted by Gasteiger charge is 2.15. The first-order valence-electron chi connectivity index (χ1n) is 5.67. The molecule has 1 heterocycles. The molecule has 100 valence electrons. The van der Waals surface area contributed by atoms with E-state index in [0.717, 1.165) is 5.69 Å². The molecule has 19 heavy (non-hydrogen) atoms. The normalized spacial score (nSPS) is 10.3. The van der Waals surface area contributed by atoms with Gasteiger partial charge in [-0.2, -0.15) is 5.10 Å². The van der Waals surface area contributed by atoms with Gasteiger partial charge in [0.05, 0.1) is 23.5 Å². The molecule has 0 saturated carbocycles. The summed E-state index contributed by atoms with van der Waals surface area (Å²) in [5, 5.41) is 7.34. The number of para-hydroxylation sites is 1. The zero-order valence-corrected chi connectivity index (χ0v) is 11.7. The van der Waals surface area contributed by atoms with Crippen molar-refractivity contribution in [2.45, 2.75) is 6.92 Å². The number of ether oxygens (including phenoxy) is 1. The van der Waals surface area contributed by atoms with Crippen LogP contribution in [-0.4, -0.2) is 22.8 Å². The van der Waals surface area contributed by atoms with Gasteiger partial charge in [-0.05, 0) is 25.1 Å². The van der Waals surface area contributed by atoms with E-state index in [4.69, 9.17) is 16.3 Å². The van der Waals surface area contributed by atoms with Crippen LogP contribution >= 0.6 is 11.6 Å². The number of methoxy groups -OCH3 is 1. The van der Waals surface area contributed by atoms with Gasteiger partial charge in [0.15, 0.2) is 5.75 Å². The first-order valence-corrected chi connectivity index (χ1v) is 6.05. The van der Waals surface area contributed by atoms with E-state index in [1.54, 1.807) is 31.3 Å². The Balaban J connectivity index is 2.29. The Labute approximate surface area is 116 Å². The first kappa shape index (κ1) is 13.4. The van der Waals surface area contributed by atoms with Gasteiger partial charge in [-0.3, -0.25) is 9.48 Å². The van der Waals surface area contributed by atoms with Crippen molar-refractivity contribution in [1.29, 1.82) is 0 Å². The van der Waals surface area contributed by atoms with Crippen LogP contribution in [0.25, 0.3) is 0 Å². The fraction of sp³-hybridized carbons (Fsp3) is 0.231. The van der Waals surface area contributed by atoms with Gasteiger partial charge in [-0.1, -0.05) is 17.7 Å². The molecule has 0 radical (unpaired) electrons. The third kappa shape index (κ3) is 2.71. The highest BCUT2D eigenvalue weighted by atomic mass is 35.5. The van der Waals surface area contributed by atoms with Crippen molar-refractivity contribution in [2.24, 2.45) is 7.05 Å². The minimum Gasteiger partial charge on any atom is -0.493 e. The Morgan fingerprint density at radius 1 is 1.47 bits per heavy atom. The third-order valence-corrected chi connectivity index (χ3v) is 2.95.